The van der Waals surface area contributed by atoms with Gasteiger partial charge in [0.25, 0.3) is 0 Å². The standard InChI is InChI=1S/C17H17BrF2N3OP/c1-16(2,19)24-11-6-4-10(5-7-11)12-9-23-13(8-21-12)14(18)22-15(23)17(3,20)25/h4-9H,25H2,1-3H3. The van der Waals surface area contributed by atoms with Crippen LogP contribution in [0.1, 0.15) is 26.6 Å². The van der Waals surface area contributed by atoms with Crippen molar-refractivity contribution in [3.63, 3.8) is 0 Å². The predicted molar refractivity (Wildman–Crippen MR) is 100 cm³/mol. The summed E-state index contributed by atoms with van der Waals surface area (Å²) in [5, 5.41) is -1.68. The second kappa shape index (κ2) is 6.29. The Morgan fingerprint density at radius 1 is 1.16 bits per heavy atom. The van der Waals surface area contributed by atoms with Crippen molar-refractivity contribution in [2.45, 2.75) is 32.0 Å². The first kappa shape index (κ1) is 18.2. The minimum Gasteiger partial charge on any atom is -0.459 e. The average molecular weight is 428 g/mol. The van der Waals surface area contributed by atoms with E-state index in [2.05, 4.69) is 35.1 Å². The van der Waals surface area contributed by atoms with E-state index in [0.717, 1.165) is 5.56 Å². The number of nitrogens with zero attached hydrogens (tertiary/aromatic N) is 3. The first-order valence-electron chi connectivity index (χ1n) is 7.55. The van der Waals surface area contributed by atoms with Crippen LogP contribution in [-0.2, 0) is 5.41 Å². The van der Waals surface area contributed by atoms with Gasteiger partial charge >= 0.3 is 0 Å². The first-order valence-corrected chi connectivity index (χ1v) is 8.92. The van der Waals surface area contributed by atoms with Crippen molar-refractivity contribution in [1.82, 2.24) is 14.4 Å². The molecule has 2 atom stereocenters. The first-order chi connectivity index (χ1) is 11.5. The molecule has 132 valence electrons. The zero-order valence-corrected chi connectivity index (χ0v) is 16.7. The van der Waals surface area contributed by atoms with E-state index >= 15 is 0 Å². The molecule has 0 saturated heterocycles. The Kier molecular flexibility index (Phi) is 4.58. The normalized spacial score (nSPS) is 14.5. The van der Waals surface area contributed by atoms with Crippen molar-refractivity contribution >= 4 is 30.7 Å². The van der Waals surface area contributed by atoms with E-state index in [9.17, 15) is 8.78 Å². The van der Waals surface area contributed by atoms with Gasteiger partial charge in [0.1, 0.15) is 10.4 Å². The van der Waals surface area contributed by atoms with Crippen molar-refractivity contribution in [3.05, 3.63) is 47.1 Å². The third kappa shape index (κ3) is 3.98. The van der Waals surface area contributed by atoms with Crippen LogP contribution >= 0.6 is 25.2 Å². The molecule has 3 rings (SSSR count). The molecule has 0 spiro atoms. The van der Waals surface area contributed by atoms with E-state index in [0.29, 0.717) is 21.6 Å². The summed E-state index contributed by atoms with van der Waals surface area (Å²) in [6, 6.07) is 6.89. The summed E-state index contributed by atoms with van der Waals surface area (Å²) in [6.07, 6.45) is 3.35. The largest absolute Gasteiger partial charge is 0.459 e. The second-order valence-corrected chi connectivity index (χ2v) is 8.15. The van der Waals surface area contributed by atoms with Crippen molar-refractivity contribution in [3.8, 4) is 17.0 Å². The van der Waals surface area contributed by atoms with Crippen molar-refractivity contribution in [2.24, 2.45) is 0 Å². The molecule has 2 unspecified atom stereocenters. The molecule has 0 radical (unpaired) electrons. The molecule has 0 aliphatic heterocycles. The molecule has 2 heterocycles. The lowest BCUT2D eigenvalue weighted by Crippen LogP contribution is -2.20. The van der Waals surface area contributed by atoms with Gasteiger partial charge < -0.3 is 4.74 Å². The Morgan fingerprint density at radius 3 is 2.36 bits per heavy atom. The van der Waals surface area contributed by atoms with Crippen LogP contribution in [0.4, 0.5) is 8.78 Å². The zero-order valence-electron chi connectivity index (χ0n) is 13.9. The lowest BCUT2D eigenvalue weighted by molar-refractivity contribution is -0.0256. The van der Waals surface area contributed by atoms with E-state index in [4.69, 9.17) is 4.74 Å². The highest BCUT2D eigenvalue weighted by atomic mass is 79.9. The number of alkyl halides is 2. The van der Waals surface area contributed by atoms with Crippen LogP contribution in [0.3, 0.4) is 0 Å². The van der Waals surface area contributed by atoms with Gasteiger partial charge in [-0.05, 0) is 47.1 Å². The highest BCUT2D eigenvalue weighted by Crippen LogP contribution is 2.35. The van der Waals surface area contributed by atoms with E-state index in [1.165, 1.54) is 20.8 Å². The summed E-state index contributed by atoms with van der Waals surface area (Å²) in [7, 11) is 2.14. The number of halogens is 3. The van der Waals surface area contributed by atoms with E-state index in [1.54, 1.807) is 41.1 Å². The Labute approximate surface area is 155 Å². The summed E-state index contributed by atoms with van der Waals surface area (Å²) in [6.45, 7) is 4.10. The Bertz CT molecular complexity index is 915. The maximum Gasteiger partial charge on any atom is 0.242 e. The summed E-state index contributed by atoms with van der Waals surface area (Å²) in [5.41, 5.74) is 2.11. The molecule has 0 aliphatic carbocycles. The van der Waals surface area contributed by atoms with Gasteiger partial charge in [0.2, 0.25) is 5.85 Å². The van der Waals surface area contributed by atoms with Gasteiger partial charge in [-0.1, -0.05) is 9.24 Å². The SMILES string of the molecule is CC(C)(F)Oc1ccc(-c2cn3c(C(C)(F)P)nc(Br)c3cn2)cc1. The lowest BCUT2D eigenvalue weighted by Gasteiger charge is -2.17. The van der Waals surface area contributed by atoms with Gasteiger partial charge in [-0.2, -0.15) is 4.39 Å². The van der Waals surface area contributed by atoms with Gasteiger partial charge in [-0.3, -0.25) is 9.38 Å². The zero-order chi connectivity index (χ0) is 18.4. The third-order valence-corrected chi connectivity index (χ3v) is 4.27. The van der Waals surface area contributed by atoms with Crippen molar-refractivity contribution in [1.29, 1.82) is 0 Å². The van der Waals surface area contributed by atoms with Crippen LogP contribution in [0.5, 0.6) is 5.75 Å². The van der Waals surface area contributed by atoms with Crippen LogP contribution in [0.25, 0.3) is 16.8 Å². The number of ether oxygens (including phenoxy) is 1. The second-order valence-electron chi connectivity index (χ2n) is 6.32. The number of fused-ring (bicyclic) bond motifs is 1. The topological polar surface area (TPSA) is 39.4 Å². The molecule has 3 aromatic rings. The molecule has 8 heteroatoms. The highest BCUT2D eigenvalue weighted by Gasteiger charge is 2.27. The van der Waals surface area contributed by atoms with E-state index < -0.39 is 11.3 Å². The molecule has 0 saturated carbocycles. The molecule has 0 bridgehead atoms. The van der Waals surface area contributed by atoms with Crippen molar-refractivity contribution in [2.75, 3.05) is 0 Å². The van der Waals surface area contributed by atoms with Crippen LogP contribution in [-0.4, -0.2) is 20.2 Å². The van der Waals surface area contributed by atoms with E-state index in [-0.39, 0.29) is 5.82 Å². The van der Waals surface area contributed by atoms with Crippen LogP contribution in [0, 0.1) is 0 Å². The minimum absolute atomic E-state index is 0.252. The van der Waals surface area contributed by atoms with Gasteiger partial charge in [-0.25, -0.2) is 9.37 Å². The molecular weight excluding hydrogens is 411 g/mol. The summed E-state index contributed by atoms with van der Waals surface area (Å²) < 4.78 is 35.3. The Balaban J connectivity index is 2.02. The van der Waals surface area contributed by atoms with Crippen molar-refractivity contribution < 1.29 is 13.5 Å². The molecule has 0 fully saturated rings. The van der Waals surface area contributed by atoms with Crippen LogP contribution in [0.2, 0.25) is 0 Å². The average Bonchev–Trinajstić information content (AvgIpc) is 2.83. The fourth-order valence-electron chi connectivity index (χ4n) is 2.42. The summed E-state index contributed by atoms with van der Waals surface area (Å²) in [4.78, 5) is 8.63. The van der Waals surface area contributed by atoms with Gasteiger partial charge in [-0.15, -0.1) is 0 Å². The number of imidazole rings is 1. The fraction of sp³-hybridized carbons (Fsp3) is 0.294. The Morgan fingerprint density at radius 2 is 1.80 bits per heavy atom. The van der Waals surface area contributed by atoms with Crippen LogP contribution in [0.15, 0.2) is 41.3 Å². The quantitative estimate of drug-likeness (QED) is 0.533. The molecule has 4 nitrogen and oxygen atoms in total. The number of hydrogen-bond acceptors (Lipinski definition) is 3. The number of hydrogen-bond donors (Lipinski definition) is 0. The lowest BCUT2D eigenvalue weighted by atomic mass is 10.1. The highest BCUT2D eigenvalue weighted by molar-refractivity contribution is 9.10. The Hall–Kier alpha value is -1.59. The monoisotopic (exact) mass is 427 g/mol. The molecule has 25 heavy (non-hydrogen) atoms. The maximum atomic E-state index is 14.4. The number of benzene rings is 1. The fourth-order valence-corrected chi connectivity index (χ4v) is 3.08. The molecule has 0 aliphatic rings. The van der Waals surface area contributed by atoms with Gasteiger partial charge in [0.15, 0.2) is 11.2 Å². The minimum atomic E-state index is -1.75. The molecule has 0 amide bonds. The third-order valence-electron chi connectivity index (χ3n) is 3.43. The molecule has 0 N–H and O–H groups in total. The number of rotatable bonds is 4. The smallest absolute Gasteiger partial charge is 0.242 e. The summed E-state index contributed by atoms with van der Waals surface area (Å²) >= 11 is 3.33. The summed E-state index contributed by atoms with van der Waals surface area (Å²) in [5.74, 6) is -1.08. The molecule has 2 aromatic heterocycles. The number of aromatic nitrogens is 3. The van der Waals surface area contributed by atoms with Gasteiger partial charge in [0.05, 0.1) is 17.4 Å². The molecule has 1 aromatic carbocycles. The molecular formula is C17H17BrF2N3OP. The predicted octanol–water partition coefficient (Wildman–Crippen LogP) is 5.26. The van der Waals surface area contributed by atoms with E-state index in [1.807, 2.05) is 0 Å². The maximum absolute atomic E-state index is 14.4. The van der Waals surface area contributed by atoms with Gasteiger partial charge in [0, 0.05) is 25.6 Å². The van der Waals surface area contributed by atoms with Crippen LogP contribution < -0.4 is 4.74 Å².